The summed E-state index contributed by atoms with van der Waals surface area (Å²) in [6, 6.07) is 3.71. The fourth-order valence-electron chi connectivity index (χ4n) is 2.04. The molecule has 2 amide bonds. The third-order valence-corrected chi connectivity index (χ3v) is 3.49. The minimum Gasteiger partial charge on any atom is -0.480 e. The molecule has 6 heteroatoms. The zero-order chi connectivity index (χ0) is 14.0. The Morgan fingerprint density at radius 3 is 2.58 bits per heavy atom. The van der Waals surface area contributed by atoms with E-state index in [9.17, 15) is 14.0 Å². The second-order valence-corrected chi connectivity index (χ2v) is 4.73. The Labute approximate surface area is 109 Å². The van der Waals surface area contributed by atoms with Gasteiger partial charge in [0.25, 0.3) is 0 Å². The summed E-state index contributed by atoms with van der Waals surface area (Å²) < 4.78 is 13.3. The third kappa shape index (κ3) is 2.52. The lowest BCUT2D eigenvalue weighted by atomic mass is 9.77. The number of nitrogens with one attached hydrogen (secondary N) is 2. The average molecular weight is 266 g/mol. The number of anilines is 1. The molecule has 1 saturated carbocycles. The molecule has 19 heavy (non-hydrogen) atoms. The van der Waals surface area contributed by atoms with Crippen LogP contribution in [0, 0.1) is 12.7 Å². The number of carbonyl (C=O) groups excluding carboxylic acids is 1. The van der Waals surface area contributed by atoms with Crippen LogP contribution in [0.15, 0.2) is 18.2 Å². The first kappa shape index (κ1) is 13.3. The number of benzene rings is 1. The van der Waals surface area contributed by atoms with E-state index in [1.165, 1.54) is 12.1 Å². The Bertz CT molecular complexity index is 527. The average Bonchev–Trinajstić information content (AvgIpc) is 2.29. The number of hydrogen-bond acceptors (Lipinski definition) is 2. The molecule has 0 radical (unpaired) electrons. The fourth-order valence-corrected chi connectivity index (χ4v) is 2.04. The lowest BCUT2D eigenvalue weighted by molar-refractivity contribution is -0.148. The maximum Gasteiger partial charge on any atom is 0.329 e. The van der Waals surface area contributed by atoms with Crippen LogP contribution in [0.5, 0.6) is 0 Å². The van der Waals surface area contributed by atoms with Crippen molar-refractivity contribution < 1.29 is 19.1 Å². The molecule has 0 unspecified atom stereocenters. The van der Waals surface area contributed by atoms with Crippen molar-refractivity contribution >= 4 is 17.7 Å². The Morgan fingerprint density at radius 2 is 2.05 bits per heavy atom. The lowest BCUT2D eigenvalue weighted by Gasteiger charge is -2.38. The highest BCUT2D eigenvalue weighted by molar-refractivity contribution is 5.94. The maximum atomic E-state index is 13.3. The molecule has 0 bridgehead atoms. The molecule has 1 fully saturated rings. The molecule has 1 aliphatic rings. The number of urea groups is 1. The van der Waals surface area contributed by atoms with Crippen LogP contribution in [-0.4, -0.2) is 22.6 Å². The van der Waals surface area contributed by atoms with E-state index in [-0.39, 0.29) is 0 Å². The highest BCUT2D eigenvalue weighted by atomic mass is 19.1. The molecule has 1 aliphatic carbocycles. The molecule has 0 spiro atoms. The van der Waals surface area contributed by atoms with Gasteiger partial charge in [-0.2, -0.15) is 0 Å². The van der Waals surface area contributed by atoms with Crippen molar-refractivity contribution in [3.63, 3.8) is 0 Å². The highest BCUT2D eigenvalue weighted by Gasteiger charge is 2.45. The number of amides is 2. The molecule has 0 heterocycles. The summed E-state index contributed by atoms with van der Waals surface area (Å²) in [5.41, 5.74) is -0.529. The van der Waals surface area contributed by atoms with Crippen molar-refractivity contribution in [3.8, 4) is 0 Å². The summed E-state index contributed by atoms with van der Waals surface area (Å²) in [6.07, 6.45) is 1.60. The minimum absolute atomic E-state index is 0.315. The molecule has 2 rings (SSSR count). The van der Waals surface area contributed by atoms with Gasteiger partial charge in [0.1, 0.15) is 11.4 Å². The largest absolute Gasteiger partial charge is 0.480 e. The first-order valence-electron chi connectivity index (χ1n) is 6.02. The first-order chi connectivity index (χ1) is 8.94. The number of carboxylic acid groups (broad SMARTS) is 1. The van der Waals surface area contributed by atoms with Gasteiger partial charge in [0.05, 0.1) is 0 Å². The summed E-state index contributed by atoms with van der Waals surface area (Å²) in [7, 11) is 0. The van der Waals surface area contributed by atoms with Crippen LogP contribution in [0.2, 0.25) is 0 Å². The number of carboxylic acids is 1. The number of rotatable bonds is 3. The molecule has 0 aliphatic heterocycles. The first-order valence-corrected chi connectivity index (χ1v) is 6.02. The number of carbonyl (C=O) groups is 2. The molecular weight excluding hydrogens is 251 g/mol. The van der Waals surface area contributed by atoms with Crippen LogP contribution in [0.3, 0.4) is 0 Å². The Balaban J connectivity index is 2.06. The monoisotopic (exact) mass is 266 g/mol. The molecule has 0 aromatic heterocycles. The van der Waals surface area contributed by atoms with Gasteiger partial charge in [0, 0.05) is 11.3 Å². The Kier molecular flexibility index (Phi) is 3.42. The lowest BCUT2D eigenvalue weighted by Crippen LogP contribution is -2.60. The summed E-state index contributed by atoms with van der Waals surface area (Å²) in [5, 5.41) is 14.0. The van der Waals surface area contributed by atoms with E-state index in [1.807, 2.05) is 0 Å². The van der Waals surface area contributed by atoms with Crippen LogP contribution >= 0.6 is 0 Å². The third-order valence-electron chi connectivity index (χ3n) is 3.49. The van der Waals surface area contributed by atoms with Crippen LogP contribution in [0.4, 0.5) is 14.9 Å². The van der Waals surface area contributed by atoms with Gasteiger partial charge in [0.2, 0.25) is 0 Å². The zero-order valence-corrected chi connectivity index (χ0v) is 10.5. The molecule has 1 aromatic carbocycles. The van der Waals surface area contributed by atoms with E-state index in [2.05, 4.69) is 10.6 Å². The zero-order valence-electron chi connectivity index (χ0n) is 10.5. The molecule has 0 saturated heterocycles. The standard InChI is InChI=1S/C13H15FN2O3/c1-8-9(14)4-2-5-10(8)15-12(19)16-13(11(17)18)6-3-7-13/h2,4-5H,3,6-7H2,1H3,(H,17,18)(H2,15,16,19). The highest BCUT2D eigenvalue weighted by Crippen LogP contribution is 2.32. The van der Waals surface area contributed by atoms with E-state index < -0.39 is 23.4 Å². The van der Waals surface area contributed by atoms with E-state index >= 15 is 0 Å². The van der Waals surface area contributed by atoms with Gasteiger partial charge in [-0.25, -0.2) is 14.0 Å². The molecule has 102 valence electrons. The Morgan fingerprint density at radius 1 is 1.37 bits per heavy atom. The van der Waals surface area contributed by atoms with Gasteiger partial charge in [-0.3, -0.25) is 0 Å². The van der Waals surface area contributed by atoms with Crippen molar-refractivity contribution in [1.29, 1.82) is 0 Å². The van der Waals surface area contributed by atoms with Crippen LogP contribution in [0.25, 0.3) is 0 Å². The van der Waals surface area contributed by atoms with Crippen molar-refractivity contribution in [3.05, 3.63) is 29.6 Å². The Hall–Kier alpha value is -2.11. The summed E-state index contributed by atoms with van der Waals surface area (Å²) in [6.45, 7) is 1.54. The number of halogens is 1. The minimum atomic E-state index is -1.18. The van der Waals surface area contributed by atoms with Crippen molar-refractivity contribution in [2.45, 2.75) is 31.7 Å². The van der Waals surface area contributed by atoms with E-state index in [1.54, 1.807) is 13.0 Å². The van der Waals surface area contributed by atoms with Gasteiger partial charge in [-0.15, -0.1) is 0 Å². The number of aliphatic carboxylic acids is 1. The molecule has 0 atom stereocenters. The van der Waals surface area contributed by atoms with E-state index in [4.69, 9.17) is 5.11 Å². The van der Waals surface area contributed by atoms with Crippen molar-refractivity contribution in [1.82, 2.24) is 5.32 Å². The second kappa shape index (κ2) is 4.87. The van der Waals surface area contributed by atoms with Crippen LogP contribution in [0.1, 0.15) is 24.8 Å². The van der Waals surface area contributed by atoms with Crippen LogP contribution < -0.4 is 10.6 Å². The van der Waals surface area contributed by atoms with Crippen LogP contribution in [-0.2, 0) is 4.79 Å². The summed E-state index contributed by atoms with van der Waals surface area (Å²) in [4.78, 5) is 22.9. The van der Waals surface area contributed by atoms with Gasteiger partial charge in [-0.1, -0.05) is 6.07 Å². The van der Waals surface area contributed by atoms with E-state index in [0.717, 1.165) is 6.42 Å². The fraction of sp³-hybridized carbons (Fsp3) is 0.385. The summed E-state index contributed by atoms with van der Waals surface area (Å²) >= 11 is 0. The second-order valence-electron chi connectivity index (χ2n) is 4.73. The normalized spacial score (nSPS) is 16.3. The van der Waals surface area contributed by atoms with Gasteiger partial charge in [0.15, 0.2) is 0 Å². The quantitative estimate of drug-likeness (QED) is 0.785. The van der Waals surface area contributed by atoms with Gasteiger partial charge in [-0.05, 0) is 38.3 Å². The number of hydrogen-bond donors (Lipinski definition) is 3. The molecular formula is C13H15FN2O3. The SMILES string of the molecule is Cc1c(F)cccc1NC(=O)NC1(C(=O)O)CCC1. The maximum absolute atomic E-state index is 13.3. The van der Waals surface area contributed by atoms with Gasteiger partial charge >= 0.3 is 12.0 Å². The predicted octanol–water partition coefficient (Wildman–Crippen LogP) is 2.26. The summed E-state index contributed by atoms with van der Waals surface area (Å²) in [5.74, 6) is -1.46. The molecule has 5 nitrogen and oxygen atoms in total. The molecule has 1 aromatic rings. The molecule has 3 N–H and O–H groups in total. The van der Waals surface area contributed by atoms with Crippen molar-refractivity contribution in [2.24, 2.45) is 0 Å². The smallest absolute Gasteiger partial charge is 0.329 e. The van der Waals surface area contributed by atoms with Crippen molar-refractivity contribution in [2.75, 3.05) is 5.32 Å². The topological polar surface area (TPSA) is 78.4 Å². The van der Waals surface area contributed by atoms with Gasteiger partial charge < -0.3 is 15.7 Å². The van der Waals surface area contributed by atoms with E-state index in [0.29, 0.717) is 24.1 Å². The predicted molar refractivity (Wildman–Crippen MR) is 67.5 cm³/mol.